The highest BCUT2D eigenvalue weighted by atomic mass is 32.2. The average Bonchev–Trinajstić information content (AvgIpc) is 3.28. The molecule has 0 radical (unpaired) electrons. The van der Waals surface area contributed by atoms with Gasteiger partial charge in [0.2, 0.25) is 5.91 Å². The largest absolute Gasteiger partial charge is 0.459 e. The molecule has 1 fully saturated rings. The first kappa shape index (κ1) is 22.9. The predicted molar refractivity (Wildman–Crippen MR) is 123 cm³/mol. The number of hydrogen-bond donors (Lipinski definition) is 2. The van der Waals surface area contributed by atoms with Gasteiger partial charge >= 0.3 is 5.97 Å². The molecular weight excluding hydrogens is 414 g/mol. The number of H-pyrrole nitrogens is 1. The van der Waals surface area contributed by atoms with Gasteiger partial charge in [0.25, 0.3) is 5.91 Å². The van der Waals surface area contributed by atoms with Crippen LogP contribution in [0.4, 0.5) is 5.69 Å². The Morgan fingerprint density at radius 3 is 2.52 bits per heavy atom. The minimum Gasteiger partial charge on any atom is -0.459 e. The Morgan fingerprint density at radius 2 is 1.87 bits per heavy atom. The molecule has 1 saturated heterocycles. The highest BCUT2D eigenvalue weighted by molar-refractivity contribution is 7.99. The summed E-state index contributed by atoms with van der Waals surface area (Å²) in [4.78, 5) is 43.3. The molecule has 166 valence electrons. The van der Waals surface area contributed by atoms with Gasteiger partial charge in [-0.2, -0.15) is 0 Å². The van der Waals surface area contributed by atoms with Crippen LogP contribution in [0.15, 0.2) is 18.2 Å². The van der Waals surface area contributed by atoms with E-state index in [1.807, 2.05) is 32.0 Å². The molecule has 8 heteroatoms. The van der Waals surface area contributed by atoms with Gasteiger partial charge in [-0.15, -0.1) is 11.8 Å². The van der Waals surface area contributed by atoms with Crippen LogP contribution in [-0.4, -0.2) is 51.4 Å². The van der Waals surface area contributed by atoms with E-state index >= 15 is 0 Å². The second-order valence-electron chi connectivity index (χ2n) is 8.16. The number of nitrogens with zero attached hydrogens (tertiary/aromatic N) is 1. The maximum Gasteiger partial charge on any atom is 0.340 e. The fourth-order valence-corrected chi connectivity index (χ4v) is 4.75. The van der Waals surface area contributed by atoms with Crippen LogP contribution in [0.1, 0.15) is 57.1 Å². The van der Waals surface area contributed by atoms with E-state index < -0.39 is 12.0 Å². The van der Waals surface area contributed by atoms with Crippen molar-refractivity contribution in [1.29, 1.82) is 0 Å². The molecular formula is C23H29N3O4S. The van der Waals surface area contributed by atoms with Crippen LogP contribution in [0.25, 0.3) is 0 Å². The molecule has 31 heavy (non-hydrogen) atoms. The van der Waals surface area contributed by atoms with Crippen molar-refractivity contribution in [1.82, 2.24) is 9.88 Å². The first-order chi connectivity index (χ1) is 14.6. The lowest BCUT2D eigenvalue weighted by atomic mass is 10.1. The highest BCUT2D eigenvalue weighted by Crippen LogP contribution is 2.27. The first-order valence-corrected chi connectivity index (χ1v) is 11.4. The highest BCUT2D eigenvalue weighted by Gasteiger charge is 2.37. The topological polar surface area (TPSA) is 91.5 Å². The number of aromatic nitrogens is 1. The zero-order valence-electron chi connectivity index (χ0n) is 18.8. The molecule has 0 bridgehead atoms. The Kier molecular flexibility index (Phi) is 6.79. The molecule has 0 aliphatic carbocycles. The molecule has 0 saturated carbocycles. The summed E-state index contributed by atoms with van der Waals surface area (Å²) in [5.41, 5.74) is 4.76. The van der Waals surface area contributed by atoms with Gasteiger partial charge in [0.15, 0.2) is 0 Å². The molecule has 1 aromatic heterocycles. The van der Waals surface area contributed by atoms with Gasteiger partial charge in [0, 0.05) is 17.1 Å². The number of amides is 2. The lowest BCUT2D eigenvalue weighted by Crippen LogP contribution is -2.44. The number of esters is 1. The number of carbonyl (C=O) groups is 3. The van der Waals surface area contributed by atoms with Gasteiger partial charge in [-0.1, -0.05) is 6.07 Å². The van der Waals surface area contributed by atoms with Crippen LogP contribution < -0.4 is 5.32 Å². The number of carbonyl (C=O) groups excluding carboxylic acids is 3. The Bertz CT molecular complexity index is 1030. The zero-order chi connectivity index (χ0) is 22.9. The van der Waals surface area contributed by atoms with Gasteiger partial charge in [0.1, 0.15) is 11.7 Å². The smallest absolute Gasteiger partial charge is 0.340 e. The van der Waals surface area contributed by atoms with Gasteiger partial charge in [-0.3, -0.25) is 9.59 Å². The molecule has 2 amide bonds. The summed E-state index contributed by atoms with van der Waals surface area (Å²) in [6, 6.07) is 5.15. The SMILES string of the molecule is Cc1ccc(NC(=O)C2CSCN2C(=O)c2[nH]c(C)c(C(=O)OC(C)C)c2C)cc1C. The third kappa shape index (κ3) is 4.79. The van der Waals surface area contributed by atoms with E-state index in [1.54, 1.807) is 32.6 Å². The molecule has 1 aliphatic rings. The minimum absolute atomic E-state index is 0.220. The Hall–Kier alpha value is -2.74. The number of thioether (sulfide) groups is 1. The fraction of sp³-hybridized carbons (Fsp3) is 0.435. The van der Waals surface area contributed by atoms with E-state index in [4.69, 9.17) is 4.74 Å². The zero-order valence-corrected chi connectivity index (χ0v) is 19.6. The first-order valence-electron chi connectivity index (χ1n) is 10.3. The Balaban J connectivity index is 1.80. The van der Waals surface area contributed by atoms with Crippen LogP contribution in [0, 0.1) is 27.7 Å². The summed E-state index contributed by atoms with van der Waals surface area (Å²) in [5.74, 6) is -0.0483. The second-order valence-corrected chi connectivity index (χ2v) is 9.16. The molecule has 2 N–H and O–H groups in total. The van der Waals surface area contributed by atoms with Crippen LogP contribution in [-0.2, 0) is 9.53 Å². The summed E-state index contributed by atoms with van der Waals surface area (Å²) in [6.07, 6.45) is -0.256. The molecule has 1 aliphatic heterocycles. The predicted octanol–water partition coefficient (Wildman–Crippen LogP) is 3.97. The number of benzene rings is 1. The molecule has 1 atom stereocenters. The molecule has 1 aromatic carbocycles. The van der Waals surface area contributed by atoms with Crippen LogP contribution >= 0.6 is 11.8 Å². The molecule has 3 rings (SSSR count). The summed E-state index contributed by atoms with van der Waals surface area (Å²) >= 11 is 1.53. The van der Waals surface area contributed by atoms with E-state index in [0.717, 1.165) is 11.1 Å². The maximum absolute atomic E-state index is 13.3. The van der Waals surface area contributed by atoms with Crippen molar-refractivity contribution < 1.29 is 19.1 Å². The van der Waals surface area contributed by atoms with Gasteiger partial charge in [0.05, 0.1) is 17.5 Å². The number of hydrogen-bond acceptors (Lipinski definition) is 5. The maximum atomic E-state index is 13.3. The van der Waals surface area contributed by atoms with Crippen molar-refractivity contribution in [3.8, 4) is 0 Å². The standard InChI is InChI=1S/C23H29N3O4S/c1-12(2)30-23(29)19-15(5)20(24-16(19)6)22(28)26-11-31-10-18(26)21(27)25-17-8-7-13(3)14(4)9-17/h7-9,12,18,24H,10-11H2,1-6H3,(H,25,27). The van der Waals surface area contributed by atoms with Gasteiger partial charge in [-0.25, -0.2) is 4.79 Å². The quantitative estimate of drug-likeness (QED) is 0.683. The van der Waals surface area contributed by atoms with E-state index in [9.17, 15) is 14.4 Å². The van der Waals surface area contributed by atoms with Crippen LogP contribution in [0.2, 0.25) is 0 Å². The van der Waals surface area contributed by atoms with Gasteiger partial charge < -0.3 is 19.9 Å². The van der Waals surface area contributed by atoms with Gasteiger partial charge in [-0.05, 0) is 70.4 Å². The molecule has 1 unspecified atom stereocenters. The number of aromatic amines is 1. The van der Waals surface area contributed by atoms with Crippen molar-refractivity contribution in [2.75, 3.05) is 16.9 Å². The third-order valence-corrected chi connectivity index (χ3v) is 6.43. The van der Waals surface area contributed by atoms with Crippen molar-refractivity contribution in [3.05, 3.63) is 51.8 Å². The van der Waals surface area contributed by atoms with Crippen molar-refractivity contribution in [3.63, 3.8) is 0 Å². The summed E-state index contributed by atoms with van der Waals surface area (Å²) in [5, 5.41) is 2.93. The molecule has 7 nitrogen and oxygen atoms in total. The van der Waals surface area contributed by atoms with E-state index in [2.05, 4.69) is 10.3 Å². The van der Waals surface area contributed by atoms with Crippen molar-refractivity contribution in [2.24, 2.45) is 0 Å². The van der Waals surface area contributed by atoms with Crippen LogP contribution in [0.5, 0.6) is 0 Å². The molecule has 0 spiro atoms. The van der Waals surface area contributed by atoms with Crippen molar-refractivity contribution >= 4 is 35.2 Å². The monoisotopic (exact) mass is 443 g/mol. The number of anilines is 1. The number of ether oxygens (including phenoxy) is 1. The van der Waals surface area contributed by atoms with E-state index in [1.165, 1.54) is 11.8 Å². The summed E-state index contributed by atoms with van der Waals surface area (Å²) in [6.45, 7) is 11.0. The Morgan fingerprint density at radius 1 is 1.16 bits per heavy atom. The van der Waals surface area contributed by atoms with Crippen molar-refractivity contribution in [2.45, 2.75) is 53.7 Å². The lowest BCUT2D eigenvalue weighted by Gasteiger charge is -2.23. The summed E-state index contributed by atoms with van der Waals surface area (Å²) in [7, 11) is 0. The second kappa shape index (κ2) is 9.18. The minimum atomic E-state index is -0.590. The lowest BCUT2D eigenvalue weighted by molar-refractivity contribution is -0.119. The van der Waals surface area contributed by atoms with E-state index in [0.29, 0.717) is 39.8 Å². The molecule has 2 aromatic rings. The summed E-state index contributed by atoms with van der Waals surface area (Å²) < 4.78 is 5.31. The Labute approximate surface area is 186 Å². The normalized spacial score (nSPS) is 16.0. The van der Waals surface area contributed by atoms with E-state index in [-0.39, 0.29) is 17.9 Å². The van der Waals surface area contributed by atoms with Crippen LogP contribution in [0.3, 0.4) is 0 Å². The number of nitrogens with one attached hydrogen (secondary N) is 2. The third-order valence-electron chi connectivity index (χ3n) is 5.42. The number of aryl methyl sites for hydroxylation is 3. The fourth-order valence-electron chi connectivity index (χ4n) is 3.59. The number of rotatable bonds is 5. The average molecular weight is 444 g/mol. The molecule has 2 heterocycles.